The van der Waals surface area contributed by atoms with Gasteiger partial charge in [-0.1, -0.05) is 0 Å². The zero-order chi connectivity index (χ0) is 2.83. The van der Waals surface area contributed by atoms with Crippen LogP contribution in [0.25, 0.3) is 0 Å². The first-order valence-electron chi connectivity index (χ1n) is 1.58. The molecular weight excluding hydrogens is 153 g/mol. The predicted octanol–water partition coefficient (Wildman–Crippen LogP) is 0.404. The van der Waals surface area contributed by atoms with Crippen molar-refractivity contribution < 1.29 is 24.2 Å². The fourth-order valence-corrected chi connectivity index (χ4v) is 0.144. The van der Waals surface area contributed by atoms with Crippen molar-refractivity contribution >= 4 is 0 Å². The fraction of sp³-hybridized carbons (Fsp3) is 1.00. The van der Waals surface area contributed by atoms with Gasteiger partial charge in [0.2, 0.25) is 0 Å². The topological polar surface area (TPSA) is 9.23 Å². The summed E-state index contributed by atoms with van der Waals surface area (Å²) in [5.41, 5.74) is 0. The summed E-state index contributed by atoms with van der Waals surface area (Å²) in [4.78, 5) is 0. The first kappa shape index (κ1) is 5.58. The fourth-order valence-electron chi connectivity index (χ4n) is 0.144. The molecule has 0 unspecified atom stereocenters. The molecule has 0 spiro atoms. The summed E-state index contributed by atoms with van der Waals surface area (Å²) in [7, 11) is 0. The van der Waals surface area contributed by atoms with Gasteiger partial charge >= 0.3 is 0 Å². The van der Waals surface area contributed by atoms with Crippen LogP contribution in [0.15, 0.2) is 0 Å². The average Bonchev–Trinajstić information content (AvgIpc) is 0.722. The zero-order valence-electron chi connectivity index (χ0n) is 2.88. The van der Waals surface area contributed by atoms with Crippen molar-refractivity contribution in [3.05, 3.63) is 0 Å². The molecular formula is C3H6ORu. The summed E-state index contributed by atoms with van der Waals surface area (Å²) in [5, 5.41) is 0. The van der Waals surface area contributed by atoms with Crippen LogP contribution in [0, 0.1) is 0 Å². The number of hydrogen-bond donors (Lipinski definition) is 0. The molecule has 5 heavy (non-hydrogen) atoms. The van der Waals surface area contributed by atoms with E-state index in [2.05, 4.69) is 0 Å². The molecule has 0 saturated carbocycles. The van der Waals surface area contributed by atoms with Crippen molar-refractivity contribution in [1.82, 2.24) is 0 Å². The van der Waals surface area contributed by atoms with Gasteiger partial charge in [0.1, 0.15) is 0 Å². The van der Waals surface area contributed by atoms with Crippen molar-refractivity contribution in [2.24, 2.45) is 0 Å². The van der Waals surface area contributed by atoms with Crippen molar-refractivity contribution in [2.45, 2.75) is 6.42 Å². The molecule has 32 valence electrons. The third kappa shape index (κ3) is 1.46. The van der Waals surface area contributed by atoms with Crippen LogP contribution in [0.5, 0.6) is 0 Å². The summed E-state index contributed by atoms with van der Waals surface area (Å²) in [6.07, 6.45) is 1.28. The molecule has 1 saturated heterocycles. The second kappa shape index (κ2) is 2.80. The van der Waals surface area contributed by atoms with E-state index in [-0.39, 0.29) is 19.5 Å². The van der Waals surface area contributed by atoms with Gasteiger partial charge in [0.15, 0.2) is 0 Å². The molecule has 0 aromatic heterocycles. The Hall–Kier alpha value is 0.583. The maximum atomic E-state index is 4.72. The molecule has 1 rings (SSSR count). The van der Waals surface area contributed by atoms with Crippen LogP contribution in [0.4, 0.5) is 0 Å². The van der Waals surface area contributed by atoms with Gasteiger partial charge in [-0.3, -0.25) is 0 Å². The van der Waals surface area contributed by atoms with Crippen LogP contribution in [0.1, 0.15) is 6.42 Å². The molecule has 0 bridgehead atoms. The molecule has 0 amide bonds. The van der Waals surface area contributed by atoms with E-state index in [4.69, 9.17) is 4.74 Å². The Morgan fingerprint density at radius 1 is 1.20 bits per heavy atom. The normalized spacial score (nSPS) is 19.2. The van der Waals surface area contributed by atoms with E-state index in [1.54, 1.807) is 0 Å². The Morgan fingerprint density at radius 2 is 1.40 bits per heavy atom. The second-order valence-electron chi connectivity index (χ2n) is 0.966. The molecule has 1 fully saturated rings. The Bertz CT molecular complexity index is 14.9. The second-order valence-corrected chi connectivity index (χ2v) is 0.966. The van der Waals surface area contributed by atoms with Crippen molar-refractivity contribution in [2.75, 3.05) is 13.2 Å². The van der Waals surface area contributed by atoms with E-state index in [0.29, 0.717) is 0 Å². The van der Waals surface area contributed by atoms with Crippen LogP contribution in [0.3, 0.4) is 0 Å². The monoisotopic (exact) mass is 160 g/mol. The van der Waals surface area contributed by atoms with Crippen LogP contribution in [0.2, 0.25) is 0 Å². The summed E-state index contributed by atoms with van der Waals surface area (Å²) in [6, 6.07) is 0. The SMILES string of the molecule is C1COC1.[Ru]. The summed E-state index contributed by atoms with van der Waals surface area (Å²) >= 11 is 0. The van der Waals surface area contributed by atoms with Gasteiger partial charge in [-0.05, 0) is 6.42 Å². The minimum atomic E-state index is 0. The van der Waals surface area contributed by atoms with Crippen LogP contribution in [-0.2, 0) is 24.2 Å². The molecule has 1 nitrogen and oxygen atoms in total. The molecule has 1 heterocycles. The van der Waals surface area contributed by atoms with Gasteiger partial charge in [0, 0.05) is 32.7 Å². The van der Waals surface area contributed by atoms with E-state index in [0.717, 1.165) is 13.2 Å². The number of hydrogen-bond acceptors (Lipinski definition) is 1. The summed E-state index contributed by atoms with van der Waals surface area (Å²) in [5.74, 6) is 0. The minimum absolute atomic E-state index is 0. The Morgan fingerprint density at radius 3 is 1.40 bits per heavy atom. The van der Waals surface area contributed by atoms with Crippen molar-refractivity contribution in [3.63, 3.8) is 0 Å². The average molecular weight is 159 g/mol. The van der Waals surface area contributed by atoms with E-state index < -0.39 is 0 Å². The van der Waals surface area contributed by atoms with Crippen LogP contribution >= 0.6 is 0 Å². The van der Waals surface area contributed by atoms with Gasteiger partial charge in [-0.15, -0.1) is 0 Å². The third-order valence-corrected chi connectivity index (χ3v) is 0.577. The van der Waals surface area contributed by atoms with Gasteiger partial charge in [0.25, 0.3) is 0 Å². The molecule has 2 heteroatoms. The Kier molecular flexibility index (Phi) is 3.13. The minimum Gasteiger partial charge on any atom is -0.381 e. The van der Waals surface area contributed by atoms with E-state index >= 15 is 0 Å². The molecule has 0 aromatic rings. The Labute approximate surface area is 44.5 Å². The molecule has 1 aliphatic heterocycles. The molecule has 1 aliphatic rings. The quantitative estimate of drug-likeness (QED) is 0.465. The predicted molar refractivity (Wildman–Crippen MR) is 15.4 cm³/mol. The van der Waals surface area contributed by atoms with Gasteiger partial charge in [-0.2, -0.15) is 0 Å². The summed E-state index contributed by atoms with van der Waals surface area (Å²) in [6.45, 7) is 2.00. The first-order chi connectivity index (χ1) is 2.00. The van der Waals surface area contributed by atoms with Gasteiger partial charge < -0.3 is 4.74 Å². The maximum absolute atomic E-state index is 4.72. The smallest absolute Gasteiger partial charge is 0.0488 e. The molecule has 0 radical (unpaired) electrons. The zero-order valence-corrected chi connectivity index (χ0v) is 4.62. The Balaban J connectivity index is 0.000000160. The van der Waals surface area contributed by atoms with Crippen molar-refractivity contribution in [3.8, 4) is 0 Å². The van der Waals surface area contributed by atoms with Gasteiger partial charge in [-0.25, -0.2) is 0 Å². The maximum Gasteiger partial charge on any atom is 0.0488 e. The van der Waals surface area contributed by atoms with Gasteiger partial charge in [0.05, 0.1) is 0 Å². The standard InChI is InChI=1S/C3H6O.Ru/c1-2-4-3-1;/h1-3H2;. The van der Waals surface area contributed by atoms with E-state index in [1.807, 2.05) is 0 Å². The number of rotatable bonds is 0. The molecule has 0 aromatic carbocycles. The first-order valence-corrected chi connectivity index (χ1v) is 1.58. The van der Waals surface area contributed by atoms with Crippen LogP contribution in [-0.4, -0.2) is 13.2 Å². The molecule has 0 aliphatic carbocycles. The van der Waals surface area contributed by atoms with E-state index in [1.165, 1.54) is 6.42 Å². The third-order valence-electron chi connectivity index (χ3n) is 0.577. The largest absolute Gasteiger partial charge is 0.381 e. The van der Waals surface area contributed by atoms with Crippen LogP contribution < -0.4 is 0 Å². The summed E-state index contributed by atoms with van der Waals surface area (Å²) < 4.78 is 4.72. The number of ether oxygens (including phenoxy) is 1. The molecule has 0 N–H and O–H groups in total. The van der Waals surface area contributed by atoms with Crippen molar-refractivity contribution in [1.29, 1.82) is 0 Å². The van der Waals surface area contributed by atoms with E-state index in [9.17, 15) is 0 Å². The molecule has 0 atom stereocenters.